The molecule has 0 fully saturated rings. The van der Waals surface area contributed by atoms with E-state index in [2.05, 4.69) is 23.4 Å². The molecule has 0 atom stereocenters. The second-order valence-corrected chi connectivity index (χ2v) is 5.38. The number of hydrogen-bond donors (Lipinski definition) is 2. The van der Waals surface area contributed by atoms with Gasteiger partial charge in [0.05, 0.1) is 0 Å². The van der Waals surface area contributed by atoms with E-state index in [-0.39, 0.29) is 0 Å². The predicted octanol–water partition coefficient (Wildman–Crippen LogP) is 2.12. The maximum atomic E-state index is 10.6. The van der Waals surface area contributed by atoms with E-state index in [0.29, 0.717) is 18.8 Å². The Balaban J connectivity index is 2.73. The topological polar surface area (TPSA) is 69.6 Å². The summed E-state index contributed by atoms with van der Waals surface area (Å²) >= 11 is 0. The summed E-state index contributed by atoms with van der Waals surface area (Å²) in [6.45, 7) is 8.80. The van der Waals surface area contributed by atoms with Gasteiger partial charge in [-0.1, -0.05) is 12.2 Å². The molecule has 19 heavy (non-hydrogen) atoms. The second kappa shape index (κ2) is 6.96. The van der Waals surface area contributed by atoms with Gasteiger partial charge in [-0.05, 0) is 24.3 Å². The van der Waals surface area contributed by atoms with Crippen LogP contribution in [0.15, 0.2) is 49.6 Å². The Bertz CT molecular complexity index is 513. The Hall–Kier alpha value is -1.79. The van der Waals surface area contributed by atoms with Crippen molar-refractivity contribution in [2.24, 2.45) is 0 Å². The molecule has 0 aromatic heterocycles. The molecule has 1 rings (SSSR count). The highest BCUT2D eigenvalue weighted by atomic mass is 32.2. The molecule has 0 radical (unpaired) electrons. The molecule has 0 spiro atoms. The lowest BCUT2D eigenvalue weighted by molar-refractivity contribution is 0.485. The number of anilines is 2. The van der Waals surface area contributed by atoms with Gasteiger partial charge in [-0.3, -0.25) is 4.55 Å². The first-order valence-electron chi connectivity index (χ1n) is 5.72. The first-order chi connectivity index (χ1) is 8.96. The Labute approximate surface area is 114 Å². The molecule has 0 aliphatic heterocycles. The van der Waals surface area contributed by atoms with Crippen molar-refractivity contribution in [1.29, 1.82) is 0 Å². The van der Waals surface area contributed by atoms with E-state index in [1.165, 1.54) is 0 Å². The fourth-order valence-electron chi connectivity index (χ4n) is 1.56. The fourth-order valence-corrected chi connectivity index (χ4v) is 1.91. The van der Waals surface area contributed by atoms with Gasteiger partial charge in [0, 0.05) is 24.5 Å². The average molecular weight is 282 g/mol. The van der Waals surface area contributed by atoms with E-state index in [0.717, 1.165) is 5.69 Å². The quantitative estimate of drug-likeness (QED) is 0.564. The van der Waals surface area contributed by atoms with E-state index in [1.54, 1.807) is 24.3 Å². The maximum Gasteiger partial charge on any atom is 0.283 e. The standard InChI is InChI=1S/C13H18N2O3S/c1-3-9-15(10-4-2)13-7-5-12(6-8-13)14-11-19(16,17)18/h3-8,14H,1-2,9-11H2,(H,16,17,18). The minimum Gasteiger partial charge on any atom is -0.370 e. The van der Waals surface area contributed by atoms with Crippen LogP contribution in [0.4, 0.5) is 11.4 Å². The molecular formula is C13H18N2O3S. The molecule has 0 unspecified atom stereocenters. The van der Waals surface area contributed by atoms with Crippen molar-refractivity contribution in [2.75, 3.05) is 29.2 Å². The van der Waals surface area contributed by atoms with Crippen LogP contribution in [0.5, 0.6) is 0 Å². The first kappa shape index (κ1) is 15.3. The Morgan fingerprint density at radius 3 is 2.11 bits per heavy atom. The number of nitrogens with zero attached hydrogens (tertiary/aromatic N) is 1. The van der Waals surface area contributed by atoms with Crippen molar-refractivity contribution >= 4 is 21.5 Å². The van der Waals surface area contributed by atoms with E-state index < -0.39 is 16.0 Å². The van der Waals surface area contributed by atoms with Crippen LogP contribution in [0.2, 0.25) is 0 Å². The zero-order valence-corrected chi connectivity index (χ0v) is 11.4. The second-order valence-electron chi connectivity index (χ2n) is 3.93. The fraction of sp³-hybridized carbons (Fsp3) is 0.231. The summed E-state index contributed by atoms with van der Waals surface area (Å²) in [5.74, 6) is -0.505. The van der Waals surface area contributed by atoms with Crippen molar-refractivity contribution in [3.05, 3.63) is 49.6 Å². The lowest BCUT2D eigenvalue weighted by Crippen LogP contribution is -2.22. The Morgan fingerprint density at radius 1 is 1.16 bits per heavy atom. The molecule has 0 aliphatic carbocycles. The van der Waals surface area contributed by atoms with Crippen molar-refractivity contribution in [3.63, 3.8) is 0 Å². The van der Waals surface area contributed by atoms with Gasteiger partial charge in [0.25, 0.3) is 10.1 Å². The molecule has 1 aromatic carbocycles. The highest BCUT2D eigenvalue weighted by Crippen LogP contribution is 2.18. The SMILES string of the molecule is C=CCN(CC=C)c1ccc(NCS(=O)(=O)O)cc1. The molecule has 0 bridgehead atoms. The van der Waals surface area contributed by atoms with Crippen molar-refractivity contribution in [3.8, 4) is 0 Å². The summed E-state index contributed by atoms with van der Waals surface area (Å²) < 4.78 is 29.9. The molecule has 0 heterocycles. The molecular weight excluding hydrogens is 264 g/mol. The summed E-state index contributed by atoms with van der Waals surface area (Å²) in [6, 6.07) is 7.22. The van der Waals surface area contributed by atoms with Crippen LogP contribution in [-0.4, -0.2) is 31.9 Å². The van der Waals surface area contributed by atoms with Crippen molar-refractivity contribution in [2.45, 2.75) is 0 Å². The van der Waals surface area contributed by atoms with Crippen LogP contribution in [-0.2, 0) is 10.1 Å². The van der Waals surface area contributed by atoms with E-state index in [4.69, 9.17) is 4.55 Å². The van der Waals surface area contributed by atoms with Crippen LogP contribution in [0, 0.1) is 0 Å². The van der Waals surface area contributed by atoms with E-state index in [9.17, 15) is 8.42 Å². The normalized spacial score (nSPS) is 10.8. The summed E-state index contributed by atoms with van der Waals surface area (Å²) in [7, 11) is -4.01. The number of nitrogens with one attached hydrogen (secondary N) is 1. The molecule has 5 nitrogen and oxygen atoms in total. The van der Waals surface area contributed by atoms with Gasteiger partial charge in [0.2, 0.25) is 0 Å². The van der Waals surface area contributed by atoms with Gasteiger partial charge in [-0.2, -0.15) is 8.42 Å². The van der Waals surface area contributed by atoms with Gasteiger partial charge in [-0.15, -0.1) is 13.2 Å². The predicted molar refractivity (Wildman–Crippen MR) is 79.1 cm³/mol. The van der Waals surface area contributed by atoms with Crippen molar-refractivity contribution in [1.82, 2.24) is 0 Å². The van der Waals surface area contributed by atoms with Gasteiger partial charge in [-0.25, -0.2) is 0 Å². The summed E-state index contributed by atoms with van der Waals surface area (Å²) in [5.41, 5.74) is 1.61. The van der Waals surface area contributed by atoms with Crippen LogP contribution in [0.1, 0.15) is 0 Å². The lowest BCUT2D eigenvalue weighted by atomic mass is 10.2. The molecule has 0 amide bonds. The summed E-state index contributed by atoms with van der Waals surface area (Å²) in [6.07, 6.45) is 3.60. The van der Waals surface area contributed by atoms with Crippen LogP contribution in [0.3, 0.4) is 0 Å². The van der Waals surface area contributed by atoms with Gasteiger partial charge < -0.3 is 10.2 Å². The average Bonchev–Trinajstić information content (AvgIpc) is 2.36. The highest BCUT2D eigenvalue weighted by molar-refractivity contribution is 7.85. The lowest BCUT2D eigenvalue weighted by Gasteiger charge is -2.21. The van der Waals surface area contributed by atoms with Crippen molar-refractivity contribution < 1.29 is 13.0 Å². The summed E-state index contributed by atoms with van der Waals surface area (Å²) in [5, 5.41) is 2.62. The van der Waals surface area contributed by atoms with Gasteiger partial charge in [0.1, 0.15) is 5.88 Å². The monoisotopic (exact) mass is 282 g/mol. The van der Waals surface area contributed by atoms with E-state index in [1.807, 2.05) is 12.1 Å². The molecule has 2 N–H and O–H groups in total. The van der Waals surface area contributed by atoms with Crippen LogP contribution >= 0.6 is 0 Å². The summed E-state index contributed by atoms with van der Waals surface area (Å²) in [4.78, 5) is 2.06. The minimum atomic E-state index is -4.01. The Morgan fingerprint density at radius 2 is 1.68 bits per heavy atom. The smallest absolute Gasteiger partial charge is 0.283 e. The molecule has 6 heteroatoms. The minimum absolute atomic E-state index is 0.505. The largest absolute Gasteiger partial charge is 0.370 e. The van der Waals surface area contributed by atoms with Gasteiger partial charge >= 0.3 is 0 Å². The zero-order valence-electron chi connectivity index (χ0n) is 10.6. The number of benzene rings is 1. The molecule has 104 valence electrons. The van der Waals surface area contributed by atoms with Gasteiger partial charge in [0.15, 0.2) is 0 Å². The molecule has 0 saturated carbocycles. The number of rotatable bonds is 8. The number of hydrogen-bond acceptors (Lipinski definition) is 4. The maximum absolute atomic E-state index is 10.6. The van der Waals surface area contributed by atoms with E-state index >= 15 is 0 Å². The third-order valence-electron chi connectivity index (χ3n) is 2.39. The Kier molecular flexibility index (Phi) is 5.59. The molecule has 0 aliphatic rings. The molecule has 1 aromatic rings. The zero-order chi connectivity index (χ0) is 14.3. The third-order valence-corrected chi connectivity index (χ3v) is 2.90. The van der Waals surface area contributed by atoms with Crippen LogP contribution in [0.25, 0.3) is 0 Å². The highest BCUT2D eigenvalue weighted by Gasteiger charge is 2.05. The van der Waals surface area contributed by atoms with Crippen LogP contribution < -0.4 is 10.2 Å². The molecule has 0 saturated heterocycles. The first-order valence-corrected chi connectivity index (χ1v) is 7.33. The third kappa shape index (κ3) is 5.58.